The number of ketones is 2. The molecule has 252 valence electrons. The maximum absolute atomic E-state index is 14.6. The Labute approximate surface area is 265 Å². The van der Waals surface area contributed by atoms with Gasteiger partial charge in [-0.2, -0.15) is 0 Å². The van der Waals surface area contributed by atoms with Crippen LogP contribution in [0.4, 0.5) is 0 Å². The molecule has 0 radical (unpaired) electrons. The number of hydrogen-bond donors (Lipinski definition) is 6. The van der Waals surface area contributed by atoms with Crippen LogP contribution >= 0.6 is 0 Å². The summed E-state index contributed by atoms with van der Waals surface area (Å²) in [5, 5.41) is 65.0. The molecule has 0 amide bonds. The summed E-state index contributed by atoms with van der Waals surface area (Å²) in [6.45, 7) is 14.9. The second-order valence-corrected chi connectivity index (χ2v) is 15.7. The van der Waals surface area contributed by atoms with Crippen LogP contribution in [-0.4, -0.2) is 97.8 Å². The molecule has 4 fully saturated rings. The van der Waals surface area contributed by atoms with Crippen molar-refractivity contribution in [2.45, 2.75) is 130 Å². The molecule has 0 unspecified atom stereocenters. The third-order valence-corrected chi connectivity index (χ3v) is 12.7. The molecule has 0 aromatic rings. The lowest BCUT2D eigenvalue weighted by atomic mass is 9.39. The maximum atomic E-state index is 14.6. The standard InChI is InChI=1S/C35H52O10/c1-16(2)9-11-20(36)17(3)25-27(41)29(43)35(8)23-12-10-18-19(34(23,7)24(39)14-33(25,35)6)13-21(37)30(32(18,4)5)45-31-28(42)26(40)22(38)15-44-31/h9-10,19-23,26,28-31,36-38,40,42-43H,11-15H2,1-8H3/b25-17+/t19-,20-,21+,22-,23-,26+,28-,29+,30-,31+,33-,34+,35-/m1/s1. The Hall–Kier alpha value is -1.76. The molecule has 0 aromatic carbocycles. The molecule has 0 aromatic heterocycles. The number of fused-ring (bicyclic) bond motifs is 5. The van der Waals surface area contributed by atoms with E-state index in [1.165, 1.54) is 0 Å². The molecule has 1 aliphatic heterocycles. The molecule has 10 nitrogen and oxygen atoms in total. The molecule has 3 saturated carbocycles. The van der Waals surface area contributed by atoms with Gasteiger partial charge in [0.15, 0.2) is 12.1 Å². The van der Waals surface area contributed by atoms with Gasteiger partial charge in [-0.15, -0.1) is 0 Å². The van der Waals surface area contributed by atoms with E-state index in [9.17, 15) is 40.2 Å². The first kappa shape index (κ1) is 34.6. The van der Waals surface area contributed by atoms with Crippen molar-refractivity contribution < 1.29 is 49.7 Å². The zero-order chi connectivity index (χ0) is 33.6. The van der Waals surface area contributed by atoms with Crippen molar-refractivity contribution in [3.05, 3.63) is 34.4 Å². The smallest absolute Gasteiger partial charge is 0.188 e. The van der Waals surface area contributed by atoms with Crippen LogP contribution in [0.2, 0.25) is 0 Å². The highest BCUT2D eigenvalue weighted by Gasteiger charge is 2.74. The largest absolute Gasteiger partial charge is 0.390 e. The summed E-state index contributed by atoms with van der Waals surface area (Å²) in [6, 6.07) is 0. The first-order valence-corrected chi connectivity index (χ1v) is 16.2. The van der Waals surface area contributed by atoms with Gasteiger partial charge in [-0.3, -0.25) is 9.59 Å². The second kappa shape index (κ2) is 11.4. The van der Waals surface area contributed by atoms with Crippen molar-refractivity contribution >= 4 is 11.6 Å². The molecular formula is C35H52O10. The number of aliphatic hydroxyl groups is 6. The molecule has 0 bridgehead atoms. The Kier molecular flexibility index (Phi) is 8.79. The van der Waals surface area contributed by atoms with E-state index in [1.54, 1.807) is 6.92 Å². The lowest BCUT2D eigenvalue weighted by molar-refractivity contribution is -0.303. The summed E-state index contributed by atoms with van der Waals surface area (Å²) >= 11 is 0. The van der Waals surface area contributed by atoms with Gasteiger partial charge in [-0.1, -0.05) is 57.9 Å². The highest BCUT2D eigenvalue weighted by atomic mass is 16.7. The van der Waals surface area contributed by atoms with Crippen LogP contribution in [0.3, 0.4) is 0 Å². The Morgan fingerprint density at radius 1 is 1.02 bits per heavy atom. The number of ether oxygens (including phenoxy) is 2. The topological polar surface area (TPSA) is 174 Å². The van der Waals surface area contributed by atoms with E-state index in [2.05, 4.69) is 6.08 Å². The first-order valence-electron chi connectivity index (χ1n) is 16.2. The molecule has 4 aliphatic carbocycles. The number of carbonyl (C=O) groups excluding carboxylic acids is 2. The molecular weight excluding hydrogens is 580 g/mol. The molecule has 13 atom stereocenters. The zero-order valence-corrected chi connectivity index (χ0v) is 27.8. The quantitative estimate of drug-likeness (QED) is 0.195. The van der Waals surface area contributed by atoms with Crippen LogP contribution in [0.5, 0.6) is 0 Å². The molecule has 1 saturated heterocycles. The number of carbonyl (C=O) groups is 2. The van der Waals surface area contributed by atoms with Gasteiger partial charge in [0.1, 0.15) is 30.2 Å². The molecule has 0 spiro atoms. The minimum atomic E-state index is -1.51. The molecule has 1 heterocycles. The van der Waals surface area contributed by atoms with Gasteiger partial charge in [0.2, 0.25) is 0 Å². The first-order chi connectivity index (χ1) is 20.8. The summed E-state index contributed by atoms with van der Waals surface area (Å²) in [5.74, 6) is -1.31. The van der Waals surface area contributed by atoms with Crippen LogP contribution < -0.4 is 0 Å². The van der Waals surface area contributed by atoms with Crippen LogP contribution in [0.25, 0.3) is 0 Å². The predicted octanol–water partition coefficient (Wildman–Crippen LogP) is 2.13. The van der Waals surface area contributed by atoms with E-state index in [0.29, 0.717) is 24.0 Å². The monoisotopic (exact) mass is 632 g/mol. The van der Waals surface area contributed by atoms with E-state index < -0.39 is 88.3 Å². The number of hydrogen-bond acceptors (Lipinski definition) is 10. The van der Waals surface area contributed by atoms with E-state index in [0.717, 1.165) is 11.1 Å². The maximum Gasteiger partial charge on any atom is 0.188 e. The summed E-state index contributed by atoms with van der Waals surface area (Å²) < 4.78 is 11.6. The van der Waals surface area contributed by atoms with Crippen molar-refractivity contribution in [3.63, 3.8) is 0 Å². The minimum absolute atomic E-state index is 0.0177. The van der Waals surface area contributed by atoms with Crippen molar-refractivity contribution in [3.8, 4) is 0 Å². The summed E-state index contributed by atoms with van der Waals surface area (Å²) in [4.78, 5) is 28.5. The fraction of sp³-hybridized carbons (Fsp3) is 0.771. The van der Waals surface area contributed by atoms with Gasteiger partial charge in [0.05, 0.1) is 24.9 Å². The average molecular weight is 633 g/mol. The molecule has 5 rings (SSSR count). The molecule has 5 aliphatic rings. The van der Waals surface area contributed by atoms with Crippen molar-refractivity contribution in [1.29, 1.82) is 0 Å². The van der Waals surface area contributed by atoms with Gasteiger partial charge in [-0.25, -0.2) is 0 Å². The highest BCUT2D eigenvalue weighted by Crippen LogP contribution is 2.72. The van der Waals surface area contributed by atoms with Crippen LogP contribution in [0.1, 0.15) is 81.1 Å². The van der Waals surface area contributed by atoms with Gasteiger partial charge in [0.25, 0.3) is 0 Å². The molecule has 10 heteroatoms. The minimum Gasteiger partial charge on any atom is -0.390 e. The SMILES string of the molecule is CC(C)=CC[C@@H](O)/C(C)=C1\C(=O)[C@H](O)[C@@]2(C)[C@@H]3CC=C4[C@@H](C[C@H](O)[C@@H](O[C@@H]5OC[C@@H](O)[C@H](O)[C@H]5O)C4(C)C)[C@]3(C)C(=O)C[C@]12C. The zero-order valence-electron chi connectivity index (χ0n) is 27.8. The van der Waals surface area contributed by atoms with Crippen LogP contribution in [-0.2, 0) is 19.1 Å². The number of rotatable bonds is 5. The van der Waals surface area contributed by atoms with Gasteiger partial charge >= 0.3 is 0 Å². The molecule has 6 N–H and O–H groups in total. The average Bonchev–Trinajstić information content (AvgIpc) is 3.11. The van der Waals surface area contributed by atoms with Crippen molar-refractivity contribution in [1.82, 2.24) is 0 Å². The number of Topliss-reactive ketones (excluding diaryl/α,β-unsaturated/α-hetero) is 2. The van der Waals surface area contributed by atoms with E-state index in [-0.39, 0.29) is 25.2 Å². The Balaban J connectivity index is 1.53. The van der Waals surface area contributed by atoms with Gasteiger partial charge in [0, 0.05) is 33.7 Å². The fourth-order valence-corrected chi connectivity index (χ4v) is 9.79. The van der Waals surface area contributed by atoms with Crippen molar-refractivity contribution in [2.75, 3.05) is 6.61 Å². The van der Waals surface area contributed by atoms with E-state index >= 15 is 0 Å². The number of aliphatic hydroxyl groups excluding tert-OH is 6. The van der Waals surface area contributed by atoms with Crippen LogP contribution in [0, 0.1) is 33.5 Å². The van der Waals surface area contributed by atoms with Gasteiger partial charge in [-0.05, 0) is 57.4 Å². The predicted molar refractivity (Wildman–Crippen MR) is 164 cm³/mol. The lowest BCUT2D eigenvalue weighted by Crippen LogP contribution is -2.66. The third kappa shape index (κ3) is 4.81. The summed E-state index contributed by atoms with van der Waals surface area (Å²) in [7, 11) is 0. The van der Waals surface area contributed by atoms with Crippen LogP contribution in [0.15, 0.2) is 34.4 Å². The summed E-state index contributed by atoms with van der Waals surface area (Å²) in [5.41, 5.74) is -1.03. The summed E-state index contributed by atoms with van der Waals surface area (Å²) in [6.07, 6.45) is -4.78. The Bertz CT molecular complexity index is 1330. The normalized spacial score (nSPS) is 47.7. The number of allylic oxidation sites excluding steroid dienone is 2. The van der Waals surface area contributed by atoms with E-state index in [4.69, 9.17) is 9.47 Å². The molecule has 45 heavy (non-hydrogen) atoms. The fourth-order valence-electron chi connectivity index (χ4n) is 9.79. The van der Waals surface area contributed by atoms with Gasteiger partial charge < -0.3 is 40.1 Å². The Morgan fingerprint density at radius 2 is 1.67 bits per heavy atom. The Morgan fingerprint density at radius 3 is 2.29 bits per heavy atom. The third-order valence-electron chi connectivity index (χ3n) is 12.7. The van der Waals surface area contributed by atoms with E-state index in [1.807, 2.05) is 54.5 Å². The highest BCUT2D eigenvalue weighted by molar-refractivity contribution is 6.06. The van der Waals surface area contributed by atoms with Crippen molar-refractivity contribution in [2.24, 2.45) is 33.5 Å². The lowest BCUT2D eigenvalue weighted by Gasteiger charge is -2.64. The second-order valence-electron chi connectivity index (χ2n) is 15.7.